The van der Waals surface area contributed by atoms with Gasteiger partial charge in [-0.15, -0.1) is 0 Å². The zero-order valence-corrected chi connectivity index (χ0v) is 30.9. The molecule has 260 valence electrons. The zero-order chi connectivity index (χ0) is 36.4. The maximum atomic E-state index is 15.8. The Labute approximate surface area is 305 Å². The lowest BCUT2D eigenvalue weighted by Crippen LogP contribution is -2.36. The lowest BCUT2D eigenvalue weighted by Gasteiger charge is -2.35. The Bertz CT molecular complexity index is 1690. The van der Waals surface area contributed by atoms with Crippen LogP contribution in [0.25, 0.3) is 0 Å². The average molecular weight is 712 g/mol. The summed E-state index contributed by atoms with van der Waals surface area (Å²) in [4.78, 5) is 40.3. The van der Waals surface area contributed by atoms with E-state index in [1.807, 2.05) is 111 Å². The van der Waals surface area contributed by atoms with Gasteiger partial charge in [0.1, 0.15) is 29.9 Å². The summed E-state index contributed by atoms with van der Waals surface area (Å²) < 4.78 is 10.9. The summed E-state index contributed by atoms with van der Waals surface area (Å²) in [5.74, 6) is -0.736. The van der Waals surface area contributed by atoms with Crippen molar-refractivity contribution in [3.63, 3.8) is 0 Å². The number of allylic oxidation sites excluding steroid dienone is 4. The van der Waals surface area contributed by atoms with Crippen LogP contribution in [0.3, 0.4) is 0 Å². The lowest BCUT2D eigenvalue weighted by atomic mass is 9.66. The Morgan fingerprint density at radius 1 is 0.560 bits per heavy atom. The molecule has 0 aliphatic heterocycles. The number of aldehydes is 2. The third-order valence-corrected chi connectivity index (χ3v) is 10.3. The molecule has 7 heteroatoms. The molecule has 50 heavy (non-hydrogen) atoms. The van der Waals surface area contributed by atoms with E-state index < -0.39 is 23.7 Å². The zero-order valence-electron chi connectivity index (χ0n) is 29.4. The molecular weight excluding hydrogens is 667 g/mol. The maximum Gasteiger partial charge on any atom is 0.145 e. The molecule has 0 fully saturated rings. The minimum atomic E-state index is -0.609. The summed E-state index contributed by atoms with van der Waals surface area (Å²) in [6.07, 6.45) is 2.47. The van der Waals surface area contributed by atoms with Gasteiger partial charge in [0.15, 0.2) is 0 Å². The number of ether oxygens (including phenoxy) is 2. The Hall–Kier alpha value is -4.45. The number of hydrogen-bond acceptors (Lipinski definition) is 5. The third-order valence-electron chi connectivity index (χ3n) is 9.75. The number of hydrogen-bond donors (Lipinski definition) is 0. The molecule has 0 aliphatic rings. The number of benzene rings is 4. The van der Waals surface area contributed by atoms with E-state index >= 15 is 4.79 Å². The van der Waals surface area contributed by atoms with E-state index in [4.69, 9.17) is 32.7 Å². The summed E-state index contributed by atoms with van der Waals surface area (Å²) in [5, 5.41) is 1.20. The first kappa shape index (κ1) is 38.4. The van der Waals surface area contributed by atoms with Gasteiger partial charge in [-0.2, -0.15) is 0 Å². The van der Waals surface area contributed by atoms with Crippen LogP contribution in [-0.2, 0) is 27.2 Å². The van der Waals surface area contributed by atoms with Gasteiger partial charge in [0.05, 0.1) is 14.2 Å². The van der Waals surface area contributed by atoms with E-state index in [0.717, 1.165) is 46.0 Å². The Morgan fingerprint density at radius 3 is 1.16 bits per heavy atom. The topological polar surface area (TPSA) is 69.7 Å². The largest absolute Gasteiger partial charge is 0.497 e. The van der Waals surface area contributed by atoms with Crippen LogP contribution in [0.1, 0.15) is 61.8 Å². The van der Waals surface area contributed by atoms with Crippen molar-refractivity contribution in [1.82, 2.24) is 0 Å². The predicted octanol–water partition coefficient (Wildman–Crippen LogP) is 10.2. The molecule has 4 rings (SSSR count). The first-order valence-electron chi connectivity index (χ1n) is 16.6. The minimum absolute atomic E-state index is 0.00707. The second-order valence-electron chi connectivity index (χ2n) is 12.7. The molecule has 0 amide bonds. The van der Waals surface area contributed by atoms with Crippen LogP contribution in [0, 0.1) is 11.8 Å². The van der Waals surface area contributed by atoms with E-state index in [1.54, 1.807) is 28.1 Å². The molecule has 4 aromatic carbocycles. The molecule has 5 nitrogen and oxygen atoms in total. The Kier molecular flexibility index (Phi) is 13.8. The van der Waals surface area contributed by atoms with Crippen molar-refractivity contribution in [3.8, 4) is 11.5 Å². The number of rotatable bonds is 16. The van der Waals surface area contributed by atoms with Crippen LogP contribution in [0.4, 0.5) is 0 Å². The van der Waals surface area contributed by atoms with Crippen LogP contribution in [0.15, 0.2) is 119 Å². The fourth-order valence-electron chi connectivity index (χ4n) is 6.66. The van der Waals surface area contributed by atoms with Crippen molar-refractivity contribution in [2.75, 3.05) is 14.2 Å². The van der Waals surface area contributed by atoms with E-state index in [-0.39, 0.29) is 5.78 Å². The van der Waals surface area contributed by atoms with Gasteiger partial charge in [0.25, 0.3) is 0 Å². The summed E-state index contributed by atoms with van der Waals surface area (Å²) >= 11 is 12.6. The number of ketones is 1. The quantitative estimate of drug-likeness (QED) is 0.0855. The van der Waals surface area contributed by atoms with Crippen LogP contribution >= 0.6 is 23.2 Å². The van der Waals surface area contributed by atoms with E-state index in [2.05, 4.69) is 0 Å². The van der Waals surface area contributed by atoms with E-state index in [0.29, 0.717) is 45.5 Å². The minimum Gasteiger partial charge on any atom is -0.497 e. The van der Waals surface area contributed by atoms with Gasteiger partial charge >= 0.3 is 0 Å². The number of methoxy groups -OCH3 is 2. The van der Waals surface area contributed by atoms with Crippen LogP contribution < -0.4 is 9.47 Å². The molecule has 0 aliphatic carbocycles. The highest BCUT2D eigenvalue weighted by molar-refractivity contribution is 6.30. The van der Waals surface area contributed by atoms with Gasteiger partial charge in [-0.25, -0.2) is 0 Å². The maximum absolute atomic E-state index is 15.8. The summed E-state index contributed by atoms with van der Waals surface area (Å²) in [6, 6.07) is 30.4. The molecule has 0 heterocycles. The van der Waals surface area contributed by atoms with Gasteiger partial charge < -0.3 is 9.47 Å². The number of halogens is 2. The summed E-state index contributed by atoms with van der Waals surface area (Å²) in [6.45, 7) is 7.43. The van der Waals surface area contributed by atoms with Crippen LogP contribution in [0.5, 0.6) is 11.5 Å². The smallest absolute Gasteiger partial charge is 0.145 e. The van der Waals surface area contributed by atoms with Gasteiger partial charge in [0.2, 0.25) is 0 Å². The second kappa shape index (κ2) is 18.0. The van der Waals surface area contributed by atoms with Gasteiger partial charge in [-0.05, 0) is 122 Å². The molecule has 0 spiro atoms. The standard InChI is InChI=1S/C43H44Cl2O5/c1-27(25-46)29(3)41(33-11-19-37(49-5)20-12-33)39(23-31-7-15-35(44)16-8-31)43(48)40(24-32-9-17-36(45)18-10-32)42(30(4)28(2)26-47)34-13-21-38(50-6)22-14-34/h7-22,25-26,39-42H,23-24H2,1-6H3. The highest BCUT2D eigenvalue weighted by Gasteiger charge is 2.40. The second-order valence-corrected chi connectivity index (χ2v) is 13.6. The fraction of sp³-hybridized carbons (Fsp3) is 0.279. The fourth-order valence-corrected chi connectivity index (χ4v) is 6.91. The molecule has 0 N–H and O–H groups in total. The molecule has 4 atom stereocenters. The summed E-state index contributed by atoms with van der Waals surface area (Å²) in [5.41, 5.74) is 6.39. The molecule has 4 aromatic rings. The van der Waals surface area contributed by atoms with Gasteiger partial charge in [0, 0.05) is 33.7 Å². The molecule has 0 saturated heterocycles. The van der Waals surface area contributed by atoms with E-state index in [9.17, 15) is 9.59 Å². The Morgan fingerprint density at radius 2 is 0.880 bits per heavy atom. The third kappa shape index (κ3) is 9.41. The van der Waals surface area contributed by atoms with Crippen LogP contribution in [0.2, 0.25) is 10.0 Å². The molecule has 4 unspecified atom stereocenters. The van der Waals surface area contributed by atoms with Crippen molar-refractivity contribution < 1.29 is 23.9 Å². The van der Waals surface area contributed by atoms with Gasteiger partial charge in [-0.1, -0.05) is 82.9 Å². The number of carbonyl (C=O) groups is 3. The number of Topliss-reactive ketones (excluding diaryl/α,β-unsaturated/α-hetero) is 1. The molecule has 0 saturated carbocycles. The Balaban J connectivity index is 2.02. The predicted molar refractivity (Wildman–Crippen MR) is 203 cm³/mol. The summed E-state index contributed by atoms with van der Waals surface area (Å²) in [7, 11) is 3.22. The van der Waals surface area contributed by atoms with Crippen LogP contribution in [-0.4, -0.2) is 32.6 Å². The first-order valence-corrected chi connectivity index (χ1v) is 17.3. The van der Waals surface area contributed by atoms with Crippen molar-refractivity contribution in [3.05, 3.63) is 152 Å². The van der Waals surface area contributed by atoms with Gasteiger partial charge in [-0.3, -0.25) is 14.4 Å². The lowest BCUT2D eigenvalue weighted by molar-refractivity contribution is -0.128. The average Bonchev–Trinajstić information content (AvgIpc) is 3.15. The monoisotopic (exact) mass is 710 g/mol. The highest BCUT2D eigenvalue weighted by Crippen LogP contribution is 2.44. The first-order chi connectivity index (χ1) is 24.0. The molecule has 0 bridgehead atoms. The van der Waals surface area contributed by atoms with Crippen molar-refractivity contribution in [2.24, 2.45) is 11.8 Å². The van der Waals surface area contributed by atoms with Crippen molar-refractivity contribution in [1.29, 1.82) is 0 Å². The number of carbonyl (C=O) groups excluding carboxylic acids is 3. The van der Waals surface area contributed by atoms with E-state index in [1.165, 1.54) is 0 Å². The molecule has 0 aromatic heterocycles. The van der Waals surface area contributed by atoms with Crippen molar-refractivity contribution >= 4 is 41.6 Å². The molecule has 0 radical (unpaired) electrons. The highest BCUT2D eigenvalue weighted by atomic mass is 35.5. The SMILES string of the molecule is COc1ccc(C(C(C)=C(C)C=O)C(Cc2ccc(Cl)cc2)C(=O)C(Cc2ccc(Cl)cc2)C(C(C)=C(C)C=O)c2ccc(OC)cc2)cc1. The molecular formula is C43H44Cl2O5. The normalized spacial score (nSPS) is 14.7. The van der Waals surface area contributed by atoms with Crippen molar-refractivity contribution in [2.45, 2.75) is 52.4 Å².